The highest BCUT2D eigenvalue weighted by Crippen LogP contribution is 2.17. The van der Waals surface area contributed by atoms with Crippen molar-refractivity contribution >= 4 is 27.5 Å². The van der Waals surface area contributed by atoms with E-state index in [4.69, 9.17) is 11.6 Å². The van der Waals surface area contributed by atoms with Crippen molar-refractivity contribution in [1.82, 2.24) is 10.0 Å². The molecule has 3 rings (SSSR count). The second-order valence-corrected chi connectivity index (χ2v) is 9.25. The van der Waals surface area contributed by atoms with Crippen LogP contribution in [0.4, 0.5) is 4.39 Å². The topological polar surface area (TPSA) is 75.3 Å². The molecule has 31 heavy (non-hydrogen) atoms. The van der Waals surface area contributed by atoms with Crippen molar-refractivity contribution in [2.75, 3.05) is 0 Å². The van der Waals surface area contributed by atoms with E-state index < -0.39 is 28.0 Å². The summed E-state index contributed by atoms with van der Waals surface area (Å²) in [4.78, 5) is 13.0. The molecule has 0 fully saturated rings. The molecule has 0 saturated heterocycles. The average Bonchev–Trinajstić information content (AvgIpc) is 2.74. The van der Waals surface area contributed by atoms with E-state index in [9.17, 15) is 17.6 Å². The zero-order chi connectivity index (χ0) is 22.4. The Bertz CT molecular complexity index is 1120. The lowest BCUT2D eigenvalue weighted by atomic mass is 10.0. The van der Waals surface area contributed by atoms with Gasteiger partial charge in [0.1, 0.15) is 11.9 Å². The Morgan fingerprint density at radius 2 is 1.58 bits per heavy atom. The molecule has 3 aromatic carbocycles. The number of benzene rings is 3. The Labute approximate surface area is 186 Å². The molecule has 1 amide bonds. The zero-order valence-corrected chi connectivity index (χ0v) is 18.3. The molecule has 0 saturated carbocycles. The van der Waals surface area contributed by atoms with Gasteiger partial charge in [0.25, 0.3) is 0 Å². The summed E-state index contributed by atoms with van der Waals surface area (Å²) in [5.74, 6) is -0.863. The maximum Gasteiger partial charge on any atom is 0.241 e. The summed E-state index contributed by atoms with van der Waals surface area (Å²) in [6.07, 6.45) is 0.162. The monoisotopic (exact) mass is 460 g/mol. The SMILES string of the molecule is C[C@@H](NC(=O)[C@@H](Cc1ccccc1)NS(=O)(=O)c1ccc(Cl)cc1)c1ccc(F)cc1. The normalized spacial score (nSPS) is 13.4. The molecule has 8 heteroatoms. The van der Waals surface area contributed by atoms with Gasteiger partial charge in [0.15, 0.2) is 0 Å². The zero-order valence-electron chi connectivity index (χ0n) is 16.8. The maximum atomic E-state index is 13.2. The van der Waals surface area contributed by atoms with Gasteiger partial charge in [-0.3, -0.25) is 4.79 Å². The lowest BCUT2D eigenvalue weighted by Gasteiger charge is -2.22. The molecule has 0 unspecified atom stereocenters. The fraction of sp³-hybridized carbons (Fsp3) is 0.174. The van der Waals surface area contributed by atoms with Gasteiger partial charge in [0, 0.05) is 5.02 Å². The molecule has 2 N–H and O–H groups in total. The number of sulfonamides is 1. The smallest absolute Gasteiger partial charge is 0.241 e. The number of hydrogen-bond donors (Lipinski definition) is 2. The lowest BCUT2D eigenvalue weighted by molar-refractivity contribution is -0.123. The number of hydrogen-bond acceptors (Lipinski definition) is 3. The van der Waals surface area contributed by atoms with Gasteiger partial charge < -0.3 is 5.32 Å². The number of carbonyl (C=O) groups excluding carboxylic acids is 1. The molecule has 0 aromatic heterocycles. The molecule has 0 aliphatic rings. The molecule has 0 radical (unpaired) electrons. The van der Waals surface area contributed by atoms with Crippen molar-refractivity contribution in [3.8, 4) is 0 Å². The van der Waals surface area contributed by atoms with Crippen LogP contribution in [-0.4, -0.2) is 20.4 Å². The number of nitrogens with one attached hydrogen (secondary N) is 2. The highest BCUT2D eigenvalue weighted by molar-refractivity contribution is 7.89. The number of amides is 1. The Morgan fingerprint density at radius 1 is 0.968 bits per heavy atom. The van der Waals surface area contributed by atoms with Crippen LogP contribution in [-0.2, 0) is 21.2 Å². The molecule has 0 bridgehead atoms. The van der Waals surface area contributed by atoms with Crippen LogP contribution in [0, 0.1) is 5.82 Å². The van der Waals surface area contributed by atoms with Crippen LogP contribution in [0.15, 0.2) is 83.8 Å². The van der Waals surface area contributed by atoms with Crippen LogP contribution in [0.25, 0.3) is 0 Å². The molecule has 2 atom stereocenters. The summed E-state index contributed by atoms with van der Waals surface area (Å²) in [7, 11) is -3.97. The number of rotatable bonds is 8. The van der Waals surface area contributed by atoms with Crippen molar-refractivity contribution in [3.05, 3.63) is 101 Å². The first-order valence-corrected chi connectivity index (χ1v) is 11.5. The van der Waals surface area contributed by atoms with E-state index in [1.165, 1.54) is 36.4 Å². The first kappa shape index (κ1) is 22.9. The molecule has 3 aromatic rings. The van der Waals surface area contributed by atoms with Crippen molar-refractivity contribution in [1.29, 1.82) is 0 Å². The Morgan fingerprint density at radius 3 is 2.19 bits per heavy atom. The first-order valence-electron chi connectivity index (χ1n) is 9.62. The molecule has 0 aliphatic carbocycles. The summed E-state index contributed by atoms with van der Waals surface area (Å²) in [5, 5.41) is 3.22. The highest BCUT2D eigenvalue weighted by Gasteiger charge is 2.27. The van der Waals surface area contributed by atoms with Gasteiger partial charge in [-0.05, 0) is 60.9 Å². The van der Waals surface area contributed by atoms with Gasteiger partial charge in [0.2, 0.25) is 15.9 Å². The van der Waals surface area contributed by atoms with Gasteiger partial charge in [-0.25, -0.2) is 12.8 Å². The summed E-state index contributed by atoms with van der Waals surface area (Å²) in [6.45, 7) is 1.75. The van der Waals surface area contributed by atoms with Crippen LogP contribution in [0.3, 0.4) is 0 Å². The van der Waals surface area contributed by atoms with E-state index in [0.29, 0.717) is 10.6 Å². The second-order valence-electron chi connectivity index (χ2n) is 7.10. The number of carbonyl (C=O) groups is 1. The van der Waals surface area contributed by atoms with Gasteiger partial charge in [-0.15, -0.1) is 0 Å². The summed E-state index contributed by atoms with van der Waals surface area (Å²) in [6, 6.07) is 19.1. The van der Waals surface area contributed by atoms with Gasteiger partial charge in [-0.2, -0.15) is 4.72 Å². The minimum atomic E-state index is -3.97. The van der Waals surface area contributed by atoms with E-state index >= 15 is 0 Å². The van der Waals surface area contributed by atoms with Crippen molar-refractivity contribution in [2.24, 2.45) is 0 Å². The van der Waals surface area contributed by atoms with Crippen LogP contribution in [0.5, 0.6) is 0 Å². The first-order chi connectivity index (χ1) is 14.7. The van der Waals surface area contributed by atoms with E-state index in [1.807, 2.05) is 30.3 Å². The summed E-state index contributed by atoms with van der Waals surface area (Å²) >= 11 is 5.85. The quantitative estimate of drug-likeness (QED) is 0.527. The predicted molar refractivity (Wildman–Crippen MR) is 119 cm³/mol. The van der Waals surface area contributed by atoms with E-state index in [0.717, 1.165) is 5.56 Å². The van der Waals surface area contributed by atoms with Gasteiger partial charge in [-0.1, -0.05) is 54.1 Å². The van der Waals surface area contributed by atoms with Crippen molar-refractivity contribution < 1.29 is 17.6 Å². The Hall–Kier alpha value is -2.74. The maximum absolute atomic E-state index is 13.2. The van der Waals surface area contributed by atoms with Crippen molar-refractivity contribution in [3.63, 3.8) is 0 Å². The average molecular weight is 461 g/mol. The van der Waals surface area contributed by atoms with Gasteiger partial charge >= 0.3 is 0 Å². The fourth-order valence-corrected chi connectivity index (χ4v) is 4.38. The molecular formula is C23H22ClFN2O3S. The third-order valence-electron chi connectivity index (χ3n) is 4.75. The van der Waals surface area contributed by atoms with Crippen LogP contribution in [0.1, 0.15) is 24.1 Å². The minimum absolute atomic E-state index is 0.00865. The third kappa shape index (κ3) is 6.37. The molecule has 0 aliphatic heterocycles. The largest absolute Gasteiger partial charge is 0.348 e. The molecule has 0 heterocycles. The summed E-state index contributed by atoms with van der Waals surface area (Å²) in [5.41, 5.74) is 1.50. The minimum Gasteiger partial charge on any atom is -0.348 e. The molecule has 162 valence electrons. The lowest BCUT2D eigenvalue weighted by Crippen LogP contribution is -2.48. The van der Waals surface area contributed by atoms with E-state index in [2.05, 4.69) is 10.0 Å². The fourth-order valence-electron chi connectivity index (χ4n) is 3.06. The van der Waals surface area contributed by atoms with E-state index in [-0.39, 0.29) is 17.1 Å². The second kappa shape index (κ2) is 10.0. The van der Waals surface area contributed by atoms with Crippen LogP contribution < -0.4 is 10.0 Å². The molecular weight excluding hydrogens is 439 g/mol. The predicted octanol–water partition coefficient (Wildman–Crippen LogP) is 4.25. The Kier molecular flexibility index (Phi) is 7.43. The summed E-state index contributed by atoms with van der Waals surface area (Å²) < 4.78 is 41.4. The molecule has 0 spiro atoms. The molecule has 5 nitrogen and oxygen atoms in total. The van der Waals surface area contributed by atoms with Crippen LogP contribution >= 0.6 is 11.6 Å². The van der Waals surface area contributed by atoms with E-state index in [1.54, 1.807) is 19.1 Å². The van der Waals surface area contributed by atoms with Gasteiger partial charge in [0.05, 0.1) is 10.9 Å². The highest BCUT2D eigenvalue weighted by atomic mass is 35.5. The third-order valence-corrected chi connectivity index (χ3v) is 6.49. The Balaban J connectivity index is 1.82. The van der Waals surface area contributed by atoms with Crippen molar-refractivity contribution in [2.45, 2.75) is 30.3 Å². The standard InChI is InChI=1S/C23H22ClFN2O3S/c1-16(18-7-11-20(25)12-8-18)26-23(28)22(15-17-5-3-2-4-6-17)27-31(29,30)21-13-9-19(24)10-14-21/h2-14,16,22,27H,15H2,1H3,(H,26,28)/t16-,22-/m1/s1. The number of halogens is 2. The van der Waals surface area contributed by atoms with Crippen LogP contribution in [0.2, 0.25) is 5.02 Å².